The highest BCUT2D eigenvalue weighted by molar-refractivity contribution is 5.67. The van der Waals surface area contributed by atoms with E-state index >= 15 is 0 Å². The molecule has 1 N–H and O–H groups in total. The third-order valence-corrected chi connectivity index (χ3v) is 3.43. The molecule has 5 nitrogen and oxygen atoms in total. The summed E-state index contributed by atoms with van der Waals surface area (Å²) in [6.45, 7) is 5.02. The van der Waals surface area contributed by atoms with Crippen molar-refractivity contribution in [3.8, 4) is 11.3 Å². The van der Waals surface area contributed by atoms with Gasteiger partial charge in [0.15, 0.2) is 0 Å². The fourth-order valence-corrected chi connectivity index (χ4v) is 2.22. The normalized spacial score (nSPS) is 14.7. The molecule has 2 heterocycles. The van der Waals surface area contributed by atoms with Crippen LogP contribution in [0.15, 0.2) is 12.4 Å². The van der Waals surface area contributed by atoms with Gasteiger partial charge in [-0.3, -0.25) is 4.68 Å². The summed E-state index contributed by atoms with van der Waals surface area (Å²) in [6.07, 6.45) is 6.28. The Labute approximate surface area is 113 Å². The second-order valence-electron chi connectivity index (χ2n) is 5.11. The van der Waals surface area contributed by atoms with E-state index in [2.05, 4.69) is 29.2 Å². The Kier molecular flexibility index (Phi) is 2.97. The summed E-state index contributed by atoms with van der Waals surface area (Å²) in [6, 6.07) is 0. The maximum Gasteiger partial charge on any atom is 0.134 e. The summed E-state index contributed by atoms with van der Waals surface area (Å²) in [4.78, 5) is 9.42. The molecule has 1 saturated carbocycles. The first-order chi connectivity index (χ1) is 9.19. The largest absolute Gasteiger partial charge is 0.370 e. The van der Waals surface area contributed by atoms with Gasteiger partial charge in [0.05, 0.1) is 11.9 Å². The van der Waals surface area contributed by atoms with Crippen LogP contribution in [0.4, 0.5) is 5.82 Å². The minimum absolute atomic E-state index is 0.549. The van der Waals surface area contributed by atoms with Gasteiger partial charge in [0, 0.05) is 36.8 Å². The molecule has 0 aliphatic heterocycles. The van der Waals surface area contributed by atoms with E-state index in [0.29, 0.717) is 5.92 Å². The van der Waals surface area contributed by atoms with E-state index in [9.17, 15) is 0 Å². The van der Waals surface area contributed by atoms with Crippen molar-refractivity contribution in [3.05, 3.63) is 23.8 Å². The highest BCUT2D eigenvalue weighted by atomic mass is 15.2. The molecule has 0 bridgehead atoms. The summed E-state index contributed by atoms with van der Waals surface area (Å²) in [7, 11) is 1.92. The summed E-state index contributed by atoms with van der Waals surface area (Å²) in [5, 5.41) is 7.57. The van der Waals surface area contributed by atoms with E-state index in [1.165, 1.54) is 12.8 Å². The SMILES string of the molecule is CCNc1nc(C2CC2)nc(-c2cnn(C)c2)c1C. The van der Waals surface area contributed by atoms with Crippen LogP contribution in [-0.4, -0.2) is 26.3 Å². The van der Waals surface area contributed by atoms with E-state index in [-0.39, 0.29) is 0 Å². The quantitative estimate of drug-likeness (QED) is 0.914. The maximum absolute atomic E-state index is 4.76. The smallest absolute Gasteiger partial charge is 0.134 e. The maximum atomic E-state index is 4.76. The van der Waals surface area contributed by atoms with Crippen LogP contribution < -0.4 is 5.32 Å². The van der Waals surface area contributed by atoms with Crippen LogP contribution >= 0.6 is 0 Å². The predicted octanol–water partition coefficient (Wildman–Crippen LogP) is 2.49. The first-order valence-electron chi connectivity index (χ1n) is 6.80. The zero-order valence-electron chi connectivity index (χ0n) is 11.6. The molecule has 2 aromatic heterocycles. The molecule has 3 rings (SSSR count). The topological polar surface area (TPSA) is 55.6 Å². The Hall–Kier alpha value is -1.91. The number of nitrogens with zero attached hydrogens (tertiary/aromatic N) is 4. The molecule has 1 fully saturated rings. The van der Waals surface area contributed by atoms with E-state index < -0.39 is 0 Å². The van der Waals surface area contributed by atoms with Crippen molar-refractivity contribution in [1.29, 1.82) is 0 Å². The van der Waals surface area contributed by atoms with Gasteiger partial charge in [-0.2, -0.15) is 5.10 Å². The molecule has 0 atom stereocenters. The van der Waals surface area contributed by atoms with Gasteiger partial charge in [-0.05, 0) is 26.7 Å². The molecule has 0 radical (unpaired) electrons. The lowest BCUT2D eigenvalue weighted by Crippen LogP contribution is -2.07. The average molecular weight is 257 g/mol. The minimum atomic E-state index is 0.549. The van der Waals surface area contributed by atoms with Crippen LogP contribution in [0.25, 0.3) is 11.3 Å². The van der Waals surface area contributed by atoms with Crippen LogP contribution in [0.1, 0.15) is 37.1 Å². The zero-order chi connectivity index (χ0) is 13.4. The van der Waals surface area contributed by atoms with Gasteiger partial charge in [0.2, 0.25) is 0 Å². The fraction of sp³-hybridized carbons (Fsp3) is 0.500. The molecule has 0 saturated heterocycles. The van der Waals surface area contributed by atoms with Crippen LogP contribution in [0.5, 0.6) is 0 Å². The lowest BCUT2D eigenvalue weighted by atomic mass is 10.1. The molecular formula is C14H19N5. The van der Waals surface area contributed by atoms with E-state index in [1.54, 1.807) is 4.68 Å². The van der Waals surface area contributed by atoms with Gasteiger partial charge >= 0.3 is 0 Å². The molecule has 0 aromatic carbocycles. The minimum Gasteiger partial charge on any atom is -0.370 e. The van der Waals surface area contributed by atoms with Gasteiger partial charge in [0.25, 0.3) is 0 Å². The fourth-order valence-electron chi connectivity index (χ4n) is 2.22. The Balaban J connectivity index is 2.10. The molecule has 5 heteroatoms. The summed E-state index contributed by atoms with van der Waals surface area (Å²) in [5.74, 6) is 2.48. The molecule has 0 spiro atoms. The Morgan fingerprint density at radius 1 is 1.37 bits per heavy atom. The number of anilines is 1. The van der Waals surface area contributed by atoms with Gasteiger partial charge in [-0.25, -0.2) is 9.97 Å². The van der Waals surface area contributed by atoms with Crippen molar-refractivity contribution >= 4 is 5.82 Å². The molecule has 1 aliphatic carbocycles. The summed E-state index contributed by atoms with van der Waals surface area (Å²) >= 11 is 0. The van der Waals surface area contributed by atoms with Crippen LogP contribution in [-0.2, 0) is 7.05 Å². The number of aromatic nitrogens is 4. The second kappa shape index (κ2) is 4.64. The molecule has 100 valence electrons. The van der Waals surface area contributed by atoms with Crippen LogP contribution in [0.3, 0.4) is 0 Å². The lowest BCUT2D eigenvalue weighted by Gasteiger charge is -2.12. The number of aryl methyl sites for hydroxylation is 1. The van der Waals surface area contributed by atoms with Gasteiger partial charge in [-0.15, -0.1) is 0 Å². The van der Waals surface area contributed by atoms with Crippen molar-refractivity contribution in [2.45, 2.75) is 32.6 Å². The first kappa shape index (κ1) is 12.1. The van der Waals surface area contributed by atoms with Crippen LogP contribution in [0, 0.1) is 6.92 Å². The zero-order valence-corrected chi connectivity index (χ0v) is 11.6. The van der Waals surface area contributed by atoms with E-state index in [0.717, 1.165) is 35.0 Å². The third kappa shape index (κ3) is 2.32. The van der Waals surface area contributed by atoms with Crippen molar-refractivity contribution < 1.29 is 0 Å². The van der Waals surface area contributed by atoms with Gasteiger partial charge in [0.1, 0.15) is 11.6 Å². The van der Waals surface area contributed by atoms with Gasteiger partial charge < -0.3 is 5.32 Å². The Morgan fingerprint density at radius 3 is 2.74 bits per heavy atom. The van der Waals surface area contributed by atoms with Crippen LogP contribution in [0.2, 0.25) is 0 Å². The number of hydrogen-bond acceptors (Lipinski definition) is 4. The van der Waals surface area contributed by atoms with Crippen molar-refractivity contribution in [1.82, 2.24) is 19.7 Å². The molecule has 2 aromatic rings. The summed E-state index contributed by atoms with van der Waals surface area (Å²) < 4.78 is 1.81. The highest BCUT2D eigenvalue weighted by Gasteiger charge is 2.28. The van der Waals surface area contributed by atoms with Crippen molar-refractivity contribution in [2.24, 2.45) is 7.05 Å². The summed E-state index contributed by atoms with van der Waals surface area (Å²) in [5.41, 5.74) is 3.16. The van der Waals surface area contributed by atoms with Crippen molar-refractivity contribution in [2.75, 3.05) is 11.9 Å². The average Bonchev–Trinajstić information content (AvgIpc) is 3.15. The molecular weight excluding hydrogens is 238 g/mol. The number of nitrogens with one attached hydrogen (secondary N) is 1. The number of hydrogen-bond donors (Lipinski definition) is 1. The number of rotatable bonds is 4. The third-order valence-electron chi connectivity index (χ3n) is 3.43. The molecule has 0 unspecified atom stereocenters. The van der Waals surface area contributed by atoms with E-state index in [4.69, 9.17) is 4.98 Å². The molecule has 19 heavy (non-hydrogen) atoms. The Morgan fingerprint density at radius 2 is 2.16 bits per heavy atom. The molecule has 1 aliphatic rings. The second-order valence-corrected chi connectivity index (χ2v) is 5.11. The van der Waals surface area contributed by atoms with E-state index in [1.807, 2.05) is 19.4 Å². The Bertz CT molecular complexity index is 598. The highest BCUT2D eigenvalue weighted by Crippen LogP contribution is 2.40. The predicted molar refractivity (Wildman–Crippen MR) is 75.1 cm³/mol. The molecule has 0 amide bonds. The monoisotopic (exact) mass is 257 g/mol. The lowest BCUT2D eigenvalue weighted by molar-refractivity contribution is 0.768. The standard InChI is InChI=1S/C14H19N5/c1-4-15-13-9(2)12(11-7-16-19(3)8-11)17-14(18-13)10-5-6-10/h7-8,10H,4-6H2,1-3H3,(H,15,17,18). The first-order valence-corrected chi connectivity index (χ1v) is 6.80. The van der Waals surface area contributed by atoms with Gasteiger partial charge in [-0.1, -0.05) is 0 Å². The van der Waals surface area contributed by atoms with Crippen molar-refractivity contribution in [3.63, 3.8) is 0 Å².